The Kier molecular flexibility index (Phi) is 3.55. The molecule has 1 aliphatic heterocycles. The SMILES string of the molecule is CCC1CCC(C)N1S(=O)(=O)N(C)C. The van der Waals surface area contributed by atoms with E-state index >= 15 is 0 Å². The van der Waals surface area contributed by atoms with Gasteiger partial charge >= 0.3 is 0 Å². The van der Waals surface area contributed by atoms with E-state index in [1.54, 1.807) is 18.4 Å². The quantitative estimate of drug-likeness (QED) is 0.713. The lowest BCUT2D eigenvalue weighted by Gasteiger charge is -2.29. The van der Waals surface area contributed by atoms with Crippen LogP contribution in [0.25, 0.3) is 0 Å². The highest BCUT2D eigenvalue weighted by molar-refractivity contribution is 7.86. The Labute approximate surface area is 87.1 Å². The topological polar surface area (TPSA) is 40.6 Å². The summed E-state index contributed by atoms with van der Waals surface area (Å²) in [5.41, 5.74) is 0. The lowest BCUT2D eigenvalue weighted by atomic mass is 10.2. The zero-order chi connectivity index (χ0) is 10.9. The van der Waals surface area contributed by atoms with E-state index in [1.807, 2.05) is 13.8 Å². The van der Waals surface area contributed by atoms with Crippen molar-refractivity contribution in [2.45, 2.75) is 45.2 Å². The average Bonchev–Trinajstić information content (AvgIpc) is 2.46. The molecule has 2 atom stereocenters. The lowest BCUT2D eigenvalue weighted by Crippen LogP contribution is -2.45. The second-order valence-electron chi connectivity index (χ2n) is 4.11. The van der Waals surface area contributed by atoms with Crippen molar-refractivity contribution in [3.8, 4) is 0 Å². The molecule has 4 nitrogen and oxygen atoms in total. The van der Waals surface area contributed by atoms with Crippen LogP contribution in [0.1, 0.15) is 33.1 Å². The fraction of sp³-hybridized carbons (Fsp3) is 1.00. The number of nitrogens with zero attached hydrogens (tertiary/aromatic N) is 2. The van der Waals surface area contributed by atoms with Crippen LogP contribution in [0.3, 0.4) is 0 Å². The van der Waals surface area contributed by atoms with Crippen molar-refractivity contribution in [1.29, 1.82) is 0 Å². The van der Waals surface area contributed by atoms with E-state index in [-0.39, 0.29) is 12.1 Å². The maximum absolute atomic E-state index is 12.0. The first-order chi connectivity index (χ1) is 6.41. The summed E-state index contributed by atoms with van der Waals surface area (Å²) in [7, 11) is -0.0397. The minimum Gasteiger partial charge on any atom is -0.195 e. The number of rotatable bonds is 3. The summed E-state index contributed by atoms with van der Waals surface area (Å²) in [6.45, 7) is 4.03. The Morgan fingerprint density at radius 1 is 1.36 bits per heavy atom. The molecule has 5 heteroatoms. The molecule has 0 aromatic heterocycles. The van der Waals surface area contributed by atoms with E-state index in [0.29, 0.717) is 0 Å². The Bertz CT molecular complexity index is 287. The standard InChI is InChI=1S/C9H20N2O2S/c1-5-9-7-6-8(2)11(9)14(12,13)10(3)4/h8-9H,5-7H2,1-4H3. The second kappa shape index (κ2) is 4.16. The summed E-state index contributed by atoms with van der Waals surface area (Å²) in [5, 5.41) is 0. The van der Waals surface area contributed by atoms with Gasteiger partial charge in [-0.2, -0.15) is 17.0 Å². The largest absolute Gasteiger partial charge is 0.281 e. The van der Waals surface area contributed by atoms with Crippen molar-refractivity contribution in [2.75, 3.05) is 14.1 Å². The van der Waals surface area contributed by atoms with Gasteiger partial charge in [-0.05, 0) is 26.2 Å². The molecule has 1 aliphatic rings. The molecule has 0 N–H and O–H groups in total. The fourth-order valence-electron chi connectivity index (χ4n) is 2.04. The van der Waals surface area contributed by atoms with Crippen LogP contribution in [-0.4, -0.2) is 43.2 Å². The summed E-state index contributed by atoms with van der Waals surface area (Å²) >= 11 is 0. The van der Waals surface area contributed by atoms with E-state index in [1.165, 1.54) is 4.31 Å². The molecule has 1 heterocycles. The van der Waals surface area contributed by atoms with Crippen LogP contribution in [0, 0.1) is 0 Å². The van der Waals surface area contributed by atoms with Gasteiger partial charge in [0.15, 0.2) is 0 Å². The highest BCUT2D eigenvalue weighted by Gasteiger charge is 2.39. The zero-order valence-corrected chi connectivity index (χ0v) is 10.2. The van der Waals surface area contributed by atoms with E-state index in [2.05, 4.69) is 0 Å². The first kappa shape index (κ1) is 11.9. The maximum Gasteiger partial charge on any atom is 0.281 e. The van der Waals surface area contributed by atoms with E-state index < -0.39 is 10.2 Å². The Balaban J connectivity index is 2.94. The van der Waals surface area contributed by atoms with Gasteiger partial charge in [0.05, 0.1) is 0 Å². The van der Waals surface area contributed by atoms with Crippen LogP contribution >= 0.6 is 0 Å². The first-order valence-corrected chi connectivity index (χ1v) is 6.52. The van der Waals surface area contributed by atoms with Crippen LogP contribution in [0.4, 0.5) is 0 Å². The highest BCUT2D eigenvalue weighted by Crippen LogP contribution is 2.29. The summed E-state index contributed by atoms with van der Waals surface area (Å²) < 4.78 is 26.9. The van der Waals surface area contributed by atoms with Gasteiger partial charge in [0.2, 0.25) is 0 Å². The minimum atomic E-state index is -3.22. The van der Waals surface area contributed by atoms with Gasteiger partial charge in [0, 0.05) is 26.2 Å². The van der Waals surface area contributed by atoms with Crippen molar-refractivity contribution in [2.24, 2.45) is 0 Å². The fourth-order valence-corrected chi connectivity index (χ4v) is 3.60. The molecule has 0 radical (unpaired) electrons. The van der Waals surface area contributed by atoms with E-state index in [9.17, 15) is 8.42 Å². The number of hydrogen-bond donors (Lipinski definition) is 0. The summed E-state index contributed by atoms with van der Waals surface area (Å²) in [6, 6.07) is 0.338. The van der Waals surface area contributed by atoms with Crippen LogP contribution in [0.2, 0.25) is 0 Å². The maximum atomic E-state index is 12.0. The summed E-state index contributed by atoms with van der Waals surface area (Å²) in [4.78, 5) is 0. The molecule has 0 saturated carbocycles. The average molecular weight is 220 g/mol. The summed E-state index contributed by atoms with van der Waals surface area (Å²) in [5.74, 6) is 0. The van der Waals surface area contributed by atoms with Crippen LogP contribution in [0.5, 0.6) is 0 Å². The van der Waals surface area contributed by atoms with E-state index in [0.717, 1.165) is 19.3 Å². The highest BCUT2D eigenvalue weighted by atomic mass is 32.2. The predicted molar refractivity (Wildman–Crippen MR) is 57.2 cm³/mol. The molecular formula is C9H20N2O2S. The second-order valence-corrected chi connectivity index (χ2v) is 6.16. The van der Waals surface area contributed by atoms with Crippen LogP contribution in [0.15, 0.2) is 0 Å². The molecule has 0 aromatic carbocycles. The van der Waals surface area contributed by atoms with Gasteiger partial charge in [-0.15, -0.1) is 0 Å². The molecule has 0 bridgehead atoms. The van der Waals surface area contributed by atoms with Gasteiger partial charge < -0.3 is 0 Å². The van der Waals surface area contributed by atoms with Gasteiger partial charge in [-0.1, -0.05) is 6.92 Å². The van der Waals surface area contributed by atoms with Gasteiger partial charge in [0.1, 0.15) is 0 Å². The predicted octanol–water partition coefficient (Wildman–Crippen LogP) is 1.06. The van der Waals surface area contributed by atoms with Crippen molar-refractivity contribution < 1.29 is 8.42 Å². The van der Waals surface area contributed by atoms with Crippen molar-refractivity contribution >= 4 is 10.2 Å². The third-order valence-corrected chi connectivity index (χ3v) is 5.02. The van der Waals surface area contributed by atoms with Crippen molar-refractivity contribution in [3.05, 3.63) is 0 Å². The Morgan fingerprint density at radius 2 is 1.93 bits per heavy atom. The molecule has 0 aliphatic carbocycles. The Hall–Kier alpha value is -0.130. The third kappa shape index (κ3) is 1.94. The van der Waals surface area contributed by atoms with Crippen LogP contribution < -0.4 is 0 Å². The molecule has 2 unspecified atom stereocenters. The van der Waals surface area contributed by atoms with Crippen molar-refractivity contribution in [3.63, 3.8) is 0 Å². The molecule has 0 spiro atoms. The monoisotopic (exact) mass is 220 g/mol. The smallest absolute Gasteiger partial charge is 0.195 e. The molecule has 14 heavy (non-hydrogen) atoms. The molecular weight excluding hydrogens is 200 g/mol. The lowest BCUT2D eigenvalue weighted by molar-refractivity contribution is 0.306. The van der Waals surface area contributed by atoms with Gasteiger partial charge in [0.25, 0.3) is 10.2 Å². The summed E-state index contributed by atoms with van der Waals surface area (Å²) in [6.07, 6.45) is 2.87. The van der Waals surface area contributed by atoms with Gasteiger partial charge in [-0.3, -0.25) is 0 Å². The third-order valence-electron chi connectivity index (χ3n) is 2.91. The molecule has 1 fully saturated rings. The zero-order valence-electron chi connectivity index (χ0n) is 9.40. The molecule has 0 aromatic rings. The van der Waals surface area contributed by atoms with E-state index in [4.69, 9.17) is 0 Å². The first-order valence-electron chi connectivity index (χ1n) is 5.12. The molecule has 1 rings (SSSR count). The molecule has 84 valence electrons. The normalized spacial score (nSPS) is 30.1. The minimum absolute atomic E-state index is 0.146. The van der Waals surface area contributed by atoms with Crippen LogP contribution in [-0.2, 0) is 10.2 Å². The van der Waals surface area contributed by atoms with Crippen molar-refractivity contribution in [1.82, 2.24) is 8.61 Å². The van der Waals surface area contributed by atoms with Gasteiger partial charge in [-0.25, -0.2) is 0 Å². The Morgan fingerprint density at radius 3 is 2.36 bits per heavy atom. The molecule has 0 amide bonds. The molecule has 1 saturated heterocycles. The number of hydrogen-bond acceptors (Lipinski definition) is 2.